The van der Waals surface area contributed by atoms with Crippen molar-refractivity contribution in [3.05, 3.63) is 63.3 Å². The van der Waals surface area contributed by atoms with Crippen LogP contribution in [0.5, 0.6) is 0 Å². The number of thioether (sulfide) groups is 1. The second-order valence-corrected chi connectivity index (χ2v) is 10.6. The normalized spacial score (nSPS) is 20.1. The molecule has 31 heavy (non-hydrogen) atoms. The highest BCUT2D eigenvalue weighted by Gasteiger charge is 2.58. The van der Waals surface area contributed by atoms with Crippen LogP contribution in [0.3, 0.4) is 0 Å². The van der Waals surface area contributed by atoms with E-state index < -0.39 is 27.5 Å². The summed E-state index contributed by atoms with van der Waals surface area (Å²) in [7, 11) is 1.24. The summed E-state index contributed by atoms with van der Waals surface area (Å²) in [6.07, 6.45) is 1.36. The minimum absolute atomic E-state index is 0.121. The number of cyclic esters (lactones) is 1. The number of nitro groups is 1. The largest absolute Gasteiger partial charge is 0.469 e. The molecule has 1 aromatic carbocycles. The number of non-ortho nitro benzene ring substituents is 1. The van der Waals surface area contributed by atoms with Crippen molar-refractivity contribution in [3.63, 3.8) is 0 Å². The minimum atomic E-state index is -1.51. The summed E-state index contributed by atoms with van der Waals surface area (Å²) < 4.78 is 9.25. The Bertz CT molecular complexity index is 920. The highest BCUT2D eigenvalue weighted by molar-refractivity contribution is 8.05. The molecule has 0 N–H and O–H groups in total. The van der Waals surface area contributed by atoms with Gasteiger partial charge in [0.2, 0.25) is 0 Å². The molecule has 0 aliphatic carbocycles. The molecule has 8 heteroatoms. The van der Waals surface area contributed by atoms with Crippen LogP contribution in [0.1, 0.15) is 47.1 Å². The van der Waals surface area contributed by atoms with E-state index in [2.05, 4.69) is 6.58 Å². The number of carbonyl (C=O) groups is 2. The number of esters is 2. The van der Waals surface area contributed by atoms with Crippen LogP contribution in [-0.2, 0) is 23.8 Å². The van der Waals surface area contributed by atoms with Crippen molar-refractivity contribution in [2.45, 2.75) is 46.3 Å². The Morgan fingerprint density at radius 1 is 1.19 bits per heavy atom. The molecule has 0 aromatic heterocycles. The van der Waals surface area contributed by atoms with Crippen LogP contribution in [0.25, 0.3) is 0 Å². The Morgan fingerprint density at radius 3 is 2.10 bits per heavy atom. The second kappa shape index (κ2) is 8.49. The van der Waals surface area contributed by atoms with Crippen molar-refractivity contribution >= 4 is 29.4 Å². The van der Waals surface area contributed by atoms with Crippen LogP contribution in [-0.4, -0.2) is 24.0 Å². The first-order valence-electron chi connectivity index (χ1n) is 9.82. The molecule has 2 atom stereocenters. The van der Waals surface area contributed by atoms with Crippen LogP contribution < -0.4 is 0 Å². The number of benzene rings is 1. The first-order chi connectivity index (χ1) is 14.2. The summed E-state index contributed by atoms with van der Waals surface area (Å²) in [4.78, 5) is 36.7. The predicted octanol–water partition coefficient (Wildman–Crippen LogP) is 5.36. The zero-order valence-corrected chi connectivity index (χ0v) is 19.8. The van der Waals surface area contributed by atoms with Crippen LogP contribution in [0.2, 0.25) is 0 Å². The van der Waals surface area contributed by atoms with Crippen LogP contribution in [0.4, 0.5) is 5.69 Å². The highest BCUT2D eigenvalue weighted by atomic mass is 32.2. The van der Waals surface area contributed by atoms with E-state index in [0.717, 1.165) is 17.3 Å². The van der Waals surface area contributed by atoms with Gasteiger partial charge in [-0.2, -0.15) is 0 Å². The molecule has 0 bridgehead atoms. The van der Waals surface area contributed by atoms with Crippen molar-refractivity contribution in [2.24, 2.45) is 16.7 Å². The minimum Gasteiger partial charge on any atom is -0.469 e. The monoisotopic (exact) mass is 447 g/mol. The molecule has 1 aromatic rings. The van der Waals surface area contributed by atoms with Gasteiger partial charge in [-0.1, -0.05) is 71.5 Å². The Labute approximate surface area is 187 Å². The molecule has 168 valence electrons. The summed E-state index contributed by atoms with van der Waals surface area (Å²) in [5, 5.41) is 11.5. The number of nitro benzene ring substituents is 1. The number of nitrogens with zero attached hydrogens (tertiary/aromatic N) is 1. The number of allylic oxidation sites excluding steroid dienone is 1. The van der Waals surface area contributed by atoms with Gasteiger partial charge in [0.1, 0.15) is 5.92 Å². The zero-order chi connectivity index (χ0) is 23.8. The lowest BCUT2D eigenvalue weighted by Gasteiger charge is -2.35. The van der Waals surface area contributed by atoms with E-state index >= 15 is 0 Å². The van der Waals surface area contributed by atoms with E-state index in [9.17, 15) is 19.7 Å². The van der Waals surface area contributed by atoms with Gasteiger partial charge in [-0.05, 0) is 22.0 Å². The molecule has 1 heterocycles. The number of hydrogen-bond acceptors (Lipinski definition) is 7. The third kappa shape index (κ3) is 4.54. The average Bonchev–Trinajstić information content (AvgIpc) is 2.96. The van der Waals surface area contributed by atoms with E-state index in [1.807, 2.05) is 41.5 Å². The van der Waals surface area contributed by atoms with Gasteiger partial charge in [0.15, 0.2) is 9.84 Å². The molecule has 1 fully saturated rings. The highest BCUT2D eigenvalue weighted by Crippen LogP contribution is 2.58. The number of rotatable bonds is 5. The van der Waals surface area contributed by atoms with Gasteiger partial charge in [0.05, 0.1) is 12.0 Å². The summed E-state index contributed by atoms with van der Waals surface area (Å²) in [5.41, 5.74) is 0.572. The Balaban J connectivity index is 2.81. The quantitative estimate of drug-likeness (QED) is 0.259. The molecule has 0 spiro atoms. The molecule has 1 aliphatic heterocycles. The molecular formula is C23H29NO6S. The predicted molar refractivity (Wildman–Crippen MR) is 120 cm³/mol. The molecule has 2 rings (SSSR count). The molecule has 7 nitrogen and oxygen atoms in total. The van der Waals surface area contributed by atoms with Crippen molar-refractivity contribution in [1.82, 2.24) is 0 Å². The van der Waals surface area contributed by atoms with Crippen molar-refractivity contribution in [3.8, 4) is 0 Å². The van der Waals surface area contributed by atoms with Gasteiger partial charge in [-0.15, -0.1) is 6.58 Å². The average molecular weight is 448 g/mol. The third-order valence-electron chi connectivity index (χ3n) is 5.08. The second-order valence-electron chi connectivity index (χ2n) is 9.43. The number of ether oxygens (including phenoxy) is 2. The van der Waals surface area contributed by atoms with Crippen molar-refractivity contribution < 1.29 is 24.0 Å². The van der Waals surface area contributed by atoms with E-state index in [4.69, 9.17) is 9.47 Å². The summed E-state index contributed by atoms with van der Waals surface area (Å²) in [6.45, 7) is 15.9. The summed E-state index contributed by atoms with van der Waals surface area (Å²) >= 11 is 1.14. The Hall–Kier alpha value is -2.61. The Morgan fingerprint density at radius 2 is 1.71 bits per heavy atom. The summed E-state index contributed by atoms with van der Waals surface area (Å²) in [6, 6.07) is 5.56. The van der Waals surface area contributed by atoms with Crippen molar-refractivity contribution in [2.75, 3.05) is 7.11 Å². The van der Waals surface area contributed by atoms with Crippen LogP contribution in [0, 0.1) is 26.9 Å². The summed E-state index contributed by atoms with van der Waals surface area (Å²) in [5.74, 6) is -2.34. The maximum absolute atomic E-state index is 13.4. The lowest BCUT2D eigenvalue weighted by Crippen LogP contribution is -2.41. The van der Waals surface area contributed by atoms with Gasteiger partial charge < -0.3 is 9.47 Å². The maximum atomic E-state index is 13.4. The van der Waals surface area contributed by atoms with E-state index in [1.165, 1.54) is 37.5 Å². The lowest BCUT2D eigenvalue weighted by atomic mass is 9.72. The van der Waals surface area contributed by atoms with Gasteiger partial charge in [-0.3, -0.25) is 14.9 Å². The van der Waals surface area contributed by atoms with Gasteiger partial charge >= 0.3 is 11.9 Å². The van der Waals surface area contributed by atoms with Crippen LogP contribution in [0.15, 0.2) is 47.6 Å². The molecule has 0 saturated carbocycles. The fourth-order valence-electron chi connectivity index (χ4n) is 4.14. The molecule has 0 amide bonds. The lowest BCUT2D eigenvalue weighted by molar-refractivity contribution is -0.384. The number of hydrogen-bond donors (Lipinski definition) is 0. The van der Waals surface area contributed by atoms with Gasteiger partial charge in [-0.25, -0.2) is 4.79 Å². The molecule has 1 saturated heterocycles. The van der Waals surface area contributed by atoms with Crippen LogP contribution >= 0.6 is 11.8 Å². The fourth-order valence-corrected chi connectivity index (χ4v) is 5.96. The topological polar surface area (TPSA) is 95.7 Å². The fraction of sp³-hybridized carbons (Fsp3) is 0.478. The smallest absolute Gasteiger partial charge is 0.334 e. The molecule has 1 unspecified atom stereocenters. The first-order valence-corrected chi connectivity index (χ1v) is 10.6. The maximum Gasteiger partial charge on any atom is 0.334 e. The number of carbonyl (C=O) groups excluding carboxylic acids is 2. The van der Waals surface area contributed by atoms with E-state index in [0.29, 0.717) is 10.7 Å². The van der Waals surface area contributed by atoms with Gasteiger partial charge in [0.25, 0.3) is 5.69 Å². The standard InChI is InChI=1S/C23H29NO6S/c1-9-16(18(25)29-8)23(14-10-12-15(13-11-14)24(27)28)20(26)30-19(31-23)17(21(2,3)4)22(5,6)7/h9-13,16H,1H2,2-8H3/t16-,23?/m0/s1. The third-order valence-corrected chi connectivity index (χ3v) is 6.53. The van der Waals surface area contributed by atoms with Crippen molar-refractivity contribution in [1.29, 1.82) is 0 Å². The molecule has 0 radical (unpaired) electrons. The first kappa shape index (κ1) is 24.7. The Kier molecular flexibility index (Phi) is 6.76. The van der Waals surface area contributed by atoms with E-state index in [-0.39, 0.29) is 16.5 Å². The zero-order valence-electron chi connectivity index (χ0n) is 19.0. The molecule has 1 aliphatic rings. The number of methoxy groups -OCH3 is 1. The molecular weight excluding hydrogens is 418 g/mol. The van der Waals surface area contributed by atoms with Gasteiger partial charge in [0, 0.05) is 12.1 Å². The SMILES string of the molecule is C=C[C@@H](C(=O)OC)C1(c2ccc([N+](=O)[O-])cc2)SC(=C(C(C)(C)C)C(C)(C)C)OC1=O. The van der Waals surface area contributed by atoms with E-state index in [1.54, 1.807) is 0 Å².